The lowest BCUT2D eigenvalue weighted by Gasteiger charge is -2.18. The first-order valence-electron chi connectivity index (χ1n) is 4.29. The van der Waals surface area contributed by atoms with Gasteiger partial charge in [-0.2, -0.15) is 0 Å². The zero-order chi connectivity index (χ0) is 9.72. The Balaban J connectivity index is 3.84. The van der Waals surface area contributed by atoms with E-state index in [2.05, 4.69) is 20.8 Å². The SMILES string of the molecule is CON(C)C(=O)C[C@@H](C)C(C)C. The van der Waals surface area contributed by atoms with Crippen LogP contribution in [-0.4, -0.2) is 25.1 Å². The quantitative estimate of drug-likeness (QED) is 0.605. The molecule has 0 spiro atoms. The van der Waals surface area contributed by atoms with Crippen LogP contribution in [0.3, 0.4) is 0 Å². The maximum absolute atomic E-state index is 11.3. The summed E-state index contributed by atoms with van der Waals surface area (Å²) in [5.41, 5.74) is 0. The normalized spacial score (nSPS) is 13.2. The largest absolute Gasteiger partial charge is 0.275 e. The summed E-state index contributed by atoms with van der Waals surface area (Å²) >= 11 is 0. The van der Waals surface area contributed by atoms with Gasteiger partial charge in [0.25, 0.3) is 0 Å². The topological polar surface area (TPSA) is 29.5 Å². The van der Waals surface area contributed by atoms with Crippen molar-refractivity contribution < 1.29 is 9.63 Å². The van der Waals surface area contributed by atoms with Crippen molar-refractivity contribution in [1.82, 2.24) is 5.06 Å². The zero-order valence-corrected chi connectivity index (χ0v) is 8.63. The highest BCUT2D eigenvalue weighted by Crippen LogP contribution is 2.14. The lowest BCUT2D eigenvalue weighted by atomic mass is 9.94. The number of hydroxylamine groups is 2. The van der Waals surface area contributed by atoms with Crippen LogP contribution in [0.4, 0.5) is 0 Å². The van der Waals surface area contributed by atoms with Gasteiger partial charge >= 0.3 is 0 Å². The van der Waals surface area contributed by atoms with Crippen molar-refractivity contribution in [1.29, 1.82) is 0 Å². The standard InChI is InChI=1S/C9H19NO2/c1-7(2)8(3)6-9(11)10(4)12-5/h7-8H,6H2,1-5H3/t8-/m1/s1. The summed E-state index contributed by atoms with van der Waals surface area (Å²) < 4.78 is 0. The maximum Gasteiger partial charge on any atom is 0.246 e. The molecule has 1 atom stereocenters. The molecule has 0 unspecified atom stereocenters. The zero-order valence-electron chi connectivity index (χ0n) is 8.63. The van der Waals surface area contributed by atoms with E-state index in [1.54, 1.807) is 7.05 Å². The van der Waals surface area contributed by atoms with Crippen molar-refractivity contribution in [2.45, 2.75) is 27.2 Å². The van der Waals surface area contributed by atoms with Crippen LogP contribution >= 0.6 is 0 Å². The van der Waals surface area contributed by atoms with Crippen molar-refractivity contribution in [3.8, 4) is 0 Å². The van der Waals surface area contributed by atoms with Gasteiger partial charge < -0.3 is 0 Å². The van der Waals surface area contributed by atoms with Crippen LogP contribution in [0.2, 0.25) is 0 Å². The number of amides is 1. The number of hydrogen-bond donors (Lipinski definition) is 0. The van der Waals surface area contributed by atoms with Gasteiger partial charge in [-0.1, -0.05) is 20.8 Å². The molecule has 1 amide bonds. The molecular formula is C9H19NO2. The Hall–Kier alpha value is -0.570. The van der Waals surface area contributed by atoms with E-state index in [9.17, 15) is 4.79 Å². The lowest BCUT2D eigenvalue weighted by molar-refractivity contribution is -0.169. The highest BCUT2D eigenvalue weighted by Gasteiger charge is 2.15. The minimum Gasteiger partial charge on any atom is -0.275 e. The van der Waals surface area contributed by atoms with E-state index in [0.29, 0.717) is 18.3 Å². The first kappa shape index (κ1) is 11.4. The Kier molecular flexibility index (Phi) is 4.90. The van der Waals surface area contributed by atoms with Crippen LogP contribution in [0.15, 0.2) is 0 Å². The minimum absolute atomic E-state index is 0.0405. The smallest absolute Gasteiger partial charge is 0.246 e. The third-order valence-corrected chi connectivity index (χ3v) is 2.26. The number of rotatable bonds is 4. The van der Waals surface area contributed by atoms with Gasteiger partial charge in [-0.15, -0.1) is 0 Å². The van der Waals surface area contributed by atoms with Gasteiger partial charge in [0.1, 0.15) is 0 Å². The highest BCUT2D eigenvalue weighted by molar-refractivity contribution is 5.74. The van der Waals surface area contributed by atoms with Gasteiger partial charge in [0, 0.05) is 13.5 Å². The van der Waals surface area contributed by atoms with Gasteiger partial charge in [0.2, 0.25) is 5.91 Å². The van der Waals surface area contributed by atoms with Gasteiger partial charge in [0.15, 0.2) is 0 Å². The second kappa shape index (κ2) is 5.14. The van der Waals surface area contributed by atoms with Crippen molar-refractivity contribution in [2.24, 2.45) is 11.8 Å². The first-order chi connectivity index (χ1) is 5.49. The molecule has 0 radical (unpaired) electrons. The molecule has 0 rings (SSSR count). The van der Waals surface area contributed by atoms with Crippen LogP contribution in [0.25, 0.3) is 0 Å². The molecule has 0 saturated heterocycles. The van der Waals surface area contributed by atoms with Gasteiger partial charge in [-0.25, -0.2) is 5.06 Å². The van der Waals surface area contributed by atoms with E-state index in [1.165, 1.54) is 12.2 Å². The highest BCUT2D eigenvalue weighted by atomic mass is 16.7. The summed E-state index contributed by atoms with van der Waals surface area (Å²) in [5.74, 6) is 0.994. The van der Waals surface area contributed by atoms with E-state index in [4.69, 9.17) is 4.84 Å². The van der Waals surface area contributed by atoms with E-state index in [1.807, 2.05) is 0 Å². The van der Waals surface area contributed by atoms with Gasteiger partial charge in [-0.3, -0.25) is 9.63 Å². The molecule has 0 aliphatic carbocycles. The Labute approximate surface area is 74.6 Å². The monoisotopic (exact) mass is 173 g/mol. The average molecular weight is 173 g/mol. The molecule has 0 bridgehead atoms. The summed E-state index contributed by atoms with van der Waals surface area (Å²) in [4.78, 5) is 16.1. The summed E-state index contributed by atoms with van der Waals surface area (Å²) in [6.07, 6.45) is 0.558. The summed E-state index contributed by atoms with van der Waals surface area (Å²) in [6, 6.07) is 0. The molecule has 0 saturated carbocycles. The van der Waals surface area contributed by atoms with E-state index in [-0.39, 0.29) is 5.91 Å². The maximum atomic E-state index is 11.3. The fourth-order valence-corrected chi connectivity index (χ4v) is 0.742. The van der Waals surface area contributed by atoms with Crippen LogP contribution < -0.4 is 0 Å². The third-order valence-electron chi connectivity index (χ3n) is 2.26. The molecule has 0 heterocycles. The number of nitrogens with zero attached hydrogens (tertiary/aromatic N) is 1. The number of carbonyl (C=O) groups excluding carboxylic acids is 1. The van der Waals surface area contributed by atoms with Gasteiger partial charge in [0.05, 0.1) is 7.11 Å². The molecule has 0 aromatic heterocycles. The van der Waals surface area contributed by atoms with Crippen molar-refractivity contribution in [3.63, 3.8) is 0 Å². The Morgan fingerprint density at radius 3 is 2.25 bits per heavy atom. The molecule has 3 nitrogen and oxygen atoms in total. The molecule has 3 heteroatoms. The van der Waals surface area contributed by atoms with Crippen LogP contribution in [0.1, 0.15) is 27.2 Å². The first-order valence-corrected chi connectivity index (χ1v) is 4.29. The number of hydrogen-bond acceptors (Lipinski definition) is 2. The molecule has 0 aliphatic rings. The predicted molar refractivity (Wildman–Crippen MR) is 48.4 cm³/mol. The summed E-state index contributed by atoms with van der Waals surface area (Å²) in [6.45, 7) is 6.31. The predicted octanol–water partition coefficient (Wildman–Crippen LogP) is 1.69. The average Bonchev–Trinajstić information content (AvgIpc) is 2.02. The van der Waals surface area contributed by atoms with Crippen LogP contribution in [0.5, 0.6) is 0 Å². The second-order valence-electron chi connectivity index (χ2n) is 3.50. The fourth-order valence-electron chi connectivity index (χ4n) is 0.742. The van der Waals surface area contributed by atoms with E-state index < -0.39 is 0 Å². The molecule has 0 aromatic carbocycles. The Morgan fingerprint density at radius 2 is 1.92 bits per heavy atom. The molecule has 0 fully saturated rings. The lowest BCUT2D eigenvalue weighted by Crippen LogP contribution is -2.27. The molecule has 0 aliphatic heterocycles. The molecule has 72 valence electrons. The molecule has 0 aromatic rings. The van der Waals surface area contributed by atoms with E-state index in [0.717, 1.165) is 0 Å². The fraction of sp³-hybridized carbons (Fsp3) is 0.889. The summed E-state index contributed by atoms with van der Waals surface area (Å²) in [7, 11) is 3.13. The molecule has 0 N–H and O–H groups in total. The van der Waals surface area contributed by atoms with Crippen LogP contribution in [-0.2, 0) is 9.63 Å². The minimum atomic E-state index is 0.0405. The van der Waals surface area contributed by atoms with E-state index >= 15 is 0 Å². The van der Waals surface area contributed by atoms with Crippen molar-refractivity contribution in [3.05, 3.63) is 0 Å². The molecule has 12 heavy (non-hydrogen) atoms. The van der Waals surface area contributed by atoms with Crippen LogP contribution in [0, 0.1) is 11.8 Å². The molecular weight excluding hydrogens is 154 g/mol. The Morgan fingerprint density at radius 1 is 1.42 bits per heavy atom. The second-order valence-corrected chi connectivity index (χ2v) is 3.50. The van der Waals surface area contributed by atoms with Crippen molar-refractivity contribution >= 4 is 5.91 Å². The third kappa shape index (κ3) is 3.72. The van der Waals surface area contributed by atoms with Gasteiger partial charge in [-0.05, 0) is 11.8 Å². The number of carbonyl (C=O) groups is 1. The van der Waals surface area contributed by atoms with Crippen molar-refractivity contribution in [2.75, 3.05) is 14.2 Å². The summed E-state index contributed by atoms with van der Waals surface area (Å²) in [5, 5.41) is 1.28. The Bertz CT molecular complexity index is 145.